The fourth-order valence-corrected chi connectivity index (χ4v) is 4.72. The quantitative estimate of drug-likeness (QED) is 0.683. The third-order valence-corrected chi connectivity index (χ3v) is 6.43. The van der Waals surface area contributed by atoms with Crippen LogP contribution in [0.15, 0.2) is 59.2 Å². The molecule has 0 saturated carbocycles. The summed E-state index contributed by atoms with van der Waals surface area (Å²) in [7, 11) is -3.70. The first-order valence-electron chi connectivity index (χ1n) is 8.45. The van der Waals surface area contributed by atoms with E-state index < -0.39 is 10.0 Å². The molecule has 0 spiro atoms. The number of hydrogen-bond donors (Lipinski definition) is 1. The Hall–Kier alpha value is -2.65. The maximum absolute atomic E-state index is 12.6. The number of anilines is 2. The van der Waals surface area contributed by atoms with Gasteiger partial charge in [0.05, 0.1) is 17.1 Å². The van der Waals surface area contributed by atoms with E-state index in [9.17, 15) is 8.42 Å². The van der Waals surface area contributed by atoms with Crippen LogP contribution in [-0.2, 0) is 16.4 Å². The van der Waals surface area contributed by atoms with Crippen molar-refractivity contribution < 1.29 is 13.2 Å². The van der Waals surface area contributed by atoms with Gasteiger partial charge in [-0.05, 0) is 36.2 Å². The highest BCUT2D eigenvalue weighted by Gasteiger charge is 2.22. The van der Waals surface area contributed by atoms with Gasteiger partial charge in [-0.1, -0.05) is 0 Å². The molecule has 2 aromatic heterocycles. The second-order valence-electron chi connectivity index (χ2n) is 6.01. The van der Waals surface area contributed by atoms with Gasteiger partial charge in [0.2, 0.25) is 0 Å². The van der Waals surface area contributed by atoms with Gasteiger partial charge < -0.3 is 9.64 Å². The van der Waals surface area contributed by atoms with Crippen molar-refractivity contribution >= 4 is 32.2 Å². The van der Waals surface area contributed by atoms with Crippen LogP contribution in [0.2, 0.25) is 0 Å². The number of hydrogen-bond acceptors (Lipinski definition) is 7. The second kappa shape index (κ2) is 7.53. The summed E-state index contributed by atoms with van der Waals surface area (Å²) < 4.78 is 33.3. The number of fused-ring (bicyclic) bond motifs is 1. The van der Waals surface area contributed by atoms with Crippen LogP contribution in [0.1, 0.15) is 5.56 Å². The molecule has 3 heterocycles. The number of aromatic nitrogens is 2. The average Bonchev–Trinajstić information content (AvgIpc) is 3.19. The molecule has 0 atom stereocenters. The van der Waals surface area contributed by atoms with Crippen molar-refractivity contribution in [2.45, 2.75) is 11.3 Å². The van der Waals surface area contributed by atoms with Crippen LogP contribution in [0.4, 0.5) is 10.8 Å². The molecule has 1 aliphatic heterocycles. The van der Waals surface area contributed by atoms with Crippen LogP contribution >= 0.6 is 11.3 Å². The normalized spacial score (nSPS) is 13.7. The maximum atomic E-state index is 12.6. The fraction of sp³-hybridized carbons (Fsp3) is 0.222. The lowest BCUT2D eigenvalue weighted by molar-refractivity contribution is 0.307. The third-order valence-electron chi connectivity index (χ3n) is 4.27. The molecule has 4 rings (SSSR count). The minimum absolute atomic E-state index is 0.160. The van der Waals surface area contributed by atoms with Gasteiger partial charge >= 0.3 is 0 Å². The van der Waals surface area contributed by atoms with Crippen molar-refractivity contribution in [2.24, 2.45) is 0 Å². The Morgan fingerprint density at radius 1 is 1.19 bits per heavy atom. The summed E-state index contributed by atoms with van der Waals surface area (Å²) in [6.45, 7) is 2.11. The number of sulfonamides is 1. The summed E-state index contributed by atoms with van der Waals surface area (Å²) >= 11 is 1.23. The first kappa shape index (κ1) is 17.7. The molecule has 0 unspecified atom stereocenters. The Morgan fingerprint density at radius 2 is 2.04 bits per heavy atom. The van der Waals surface area contributed by atoms with E-state index >= 15 is 0 Å². The van der Waals surface area contributed by atoms with E-state index in [1.165, 1.54) is 16.9 Å². The number of nitrogens with zero attached hydrogens (tertiary/aromatic N) is 3. The predicted octanol–water partition coefficient (Wildman–Crippen LogP) is 2.78. The van der Waals surface area contributed by atoms with E-state index in [1.807, 2.05) is 12.1 Å². The molecule has 3 aromatic rings. The van der Waals surface area contributed by atoms with E-state index in [1.54, 1.807) is 42.2 Å². The van der Waals surface area contributed by atoms with E-state index in [0.29, 0.717) is 17.5 Å². The minimum atomic E-state index is -3.70. The molecule has 0 aliphatic carbocycles. The highest BCUT2D eigenvalue weighted by atomic mass is 32.2. The van der Waals surface area contributed by atoms with Gasteiger partial charge in [0, 0.05) is 36.6 Å². The second-order valence-corrected chi connectivity index (χ2v) is 8.59. The minimum Gasteiger partial charge on any atom is -0.490 e. The highest BCUT2D eigenvalue weighted by molar-refractivity contribution is 7.93. The van der Waals surface area contributed by atoms with Crippen LogP contribution in [0.5, 0.6) is 5.75 Å². The first-order valence-corrected chi connectivity index (χ1v) is 10.8. The predicted molar refractivity (Wildman–Crippen MR) is 105 cm³/mol. The molecule has 0 radical (unpaired) electrons. The fourth-order valence-electron chi connectivity index (χ4n) is 2.92. The van der Waals surface area contributed by atoms with E-state index in [4.69, 9.17) is 4.74 Å². The lowest BCUT2D eigenvalue weighted by Gasteiger charge is -2.31. The largest absolute Gasteiger partial charge is 0.490 e. The summed E-state index contributed by atoms with van der Waals surface area (Å²) in [6, 6.07) is 8.98. The molecule has 9 heteroatoms. The topological polar surface area (TPSA) is 84.4 Å². The van der Waals surface area contributed by atoms with E-state index in [0.717, 1.165) is 25.2 Å². The molecular weight excluding hydrogens is 384 g/mol. The SMILES string of the molecule is O=S(=O)(Nc1nccs1)c1ccc2c(c1)OCCN2CCc1ccncc1. The summed E-state index contributed by atoms with van der Waals surface area (Å²) in [5, 5.41) is 2.06. The number of ether oxygens (including phenoxy) is 1. The zero-order valence-corrected chi connectivity index (χ0v) is 16.0. The molecule has 140 valence electrons. The zero-order chi connectivity index (χ0) is 18.7. The molecule has 1 aliphatic rings. The summed E-state index contributed by atoms with van der Waals surface area (Å²) in [4.78, 5) is 10.4. The van der Waals surface area contributed by atoms with Crippen LogP contribution in [0.3, 0.4) is 0 Å². The molecule has 7 nitrogen and oxygen atoms in total. The summed E-state index contributed by atoms with van der Waals surface area (Å²) in [5.74, 6) is 0.581. The van der Waals surface area contributed by atoms with Gasteiger partial charge in [0.25, 0.3) is 10.0 Å². The highest BCUT2D eigenvalue weighted by Crippen LogP contribution is 2.34. The molecular formula is C18H18N4O3S2. The molecule has 0 bridgehead atoms. The van der Waals surface area contributed by atoms with Gasteiger partial charge in [-0.25, -0.2) is 13.4 Å². The zero-order valence-electron chi connectivity index (χ0n) is 14.4. The Balaban J connectivity index is 1.53. The summed E-state index contributed by atoms with van der Waals surface area (Å²) in [5.41, 5.74) is 2.12. The Kier molecular flexibility index (Phi) is 4.95. The van der Waals surface area contributed by atoms with Crippen molar-refractivity contribution in [3.63, 3.8) is 0 Å². The van der Waals surface area contributed by atoms with E-state index in [-0.39, 0.29) is 4.90 Å². The van der Waals surface area contributed by atoms with Crippen molar-refractivity contribution in [3.05, 3.63) is 59.9 Å². The Bertz CT molecular complexity index is 1010. The maximum Gasteiger partial charge on any atom is 0.263 e. The van der Waals surface area contributed by atoms with Gasteiger partial charge in [0.1, 0.15) is 12.4 Å². The van der Waals surface area contributed by atoms with E-state index in [2.05, 4.69) is 19.6 Å². The molecule has 1 N–H and O–H groups in total. The number of thiazole rings is 1. The van der Waals surface area contributed by atoms with Crippen LogP contribution in [0, 0.1) is 0 Å². The smallest absolute Gasteiger partial charge is 0.263 e. The Labute approximate surface area is 161 Å². The number of pyridine rings is 1. The molecule has 1 aromatic carbocycles. The third kappa shape index (κ3) is 4.04. The molecule has 0 saturated heterocycles. The molecule has 0 amide bonds. The number of rotatable bonds is 6. The first-order chi connectivity index (χ1) is 13.1. The molecule has 27 heavy (non-hydrogen) atoms. The molecule has 0 fully saturated rings. The van der Waals surface area contributed by atoms with Crippen molar-refractivity contribution in [1.29, 1.82) is 0 Å². The van der Waals surface area contributed by atoms with Crippen molar-refractivity contribution in [1.82, 2.24) is 9.97 Å². The van der Waals surface area contributed by atoms with Crippen LogP contribution < -0.4 is 14.4 Å². The lowest BCUT2D eigenvalue weighted by Crippen LogP contribution is -2.34. The van der Waals surface area contributed by atoms with Gasteiger partial charge in [-0.3, -0.25) is 9.71 Å². The summed E-state index contributed by atoms with van der Waals surface area (Å²) in [6.07, 6.45) is 6.01. The Morgan fingerprint density at radius 3 is 2.81 bits per heavy atom. The lowest BCUT2D eigenvalue weighted by atomic mass is 10.1. The van der Waals surface area contributed by atoms with Gasteiger partial charge in [0.15, 0.2) is 5.13 Å². The standard InChI is InChI=1S/C18H18N4O3S2/c23-27(24,21-18-20-8-12-26-18)15-1-2-16-17(13-15)25-11-10-22(16)9-5-14-3-6-19-7-4-14/h1-4,6-8,12-13H,5,9-11H2,(H,20,21). The van der Waals surface area contributed by atoms with Crippen LogP contribution in [0.25, 0.3) is 0 Å². The number of benzene rings is 1. The van der Waals surface area contributed by atoms with Crippen molar-refractivity contribution in [3.8, 4) is 5.75 Å². The van der Waals surface area contributed by atoms with Gasteiger partial charge in [-0.2, -0.15) is 0 Å². The van der Waals surface area contributed by atoms with Crippen LogP contribution in [-0.4, -0.2) is 38.1 Å². The van der Waals surface area contributed by atoms with Crippen molar-refractivity contribution in [2.75, 3.05) is 29.3 Å². The average molecular weight is 403 g/mol. The number of nitrogens with one attached hydrogen (secondary N) is 1. The monoisotopic (exact) mass is 402 g/mol. The van der Waals surface area contributed by atoms with Gasteiger partial charge in [-0.15, -0.1) is 11.3 Å².